The second kappa shape index (κ2) is 3.91. The molecule has 2 amide bonds. The first-order valence-corrected chi connectivity index (χ1v) is 5.04. The molecule has 1 aromatic heterocycles. The number of amides is 2. The van der Waals surface area contributed by atoms with E-state index in [1.807, 2.05) is 0 Å². The van der Waals surface area contributed by atoms with Crippen molar-refractivity contribution < 1.29 is 9.59 Å². The highest BCUT2D eigenvalue weighted by molar-refractivity contribution is 7.09. The molecule has 0 bridgehead atoms. The van der Waals surface area contributed by atoms with Crippen LogP contribution in [0, 0.1) is 0 Å². The fourth-order valence-corrected chi connectivity index (χ4v) is 1.78. The van der Waals surface area contributed by atoms with Crippen LogP contribution in [0.25, 0.3) is 0 Å². The molecule has 1 aliphatic rings. The van der Waals surface area contributed by atoms with Crippen molar-refractivity contribution in [3.63, 3.8) is 0 Å². The Morgan fingerprint density at radius 1 is 1.40 bits per heavy atom. The monoisotopic (exact) mass is 227 g/mol. The van der Waals surface area contributed by atoms with Crippen LogP contribution in [-0.2, 0) is 16.1 Å². The van der Waals surface area contributed by atoms with E-state index in [0.29, 0.717) is 17.2 Å². The van der Waals surface area contributed by atoms with Crippen LogP contribution in [0.15, 0.2) is 0 Å². The van der Waals surface area contributed by atoms with Crippen molar-refractivity contribution in [1.29, 1.82) is 0 Å². The molecule has 15 heavy (non-hydrogen) atoms. The Kier molecular flexibility index (Phi) is 2.60. The Bertz CT molecular complexity index is 388. The Balaban J connectivity index is 2.03. The van der Waals surface area contributed by atoms with Gasteiger partial charge in [0.15, 0.2) is 0 Å². The number of anilines is 1. The number of aromatic nitrogens is 2. The highest BCUT2D eigenvalue weighted by atomic mass is 32.1. The van der Waals surface area contributed by atoms with Gasteiger partial charge in [-0.15, -0.1) is 5.10 Å². The largest absolute Gasteiger partial charge is 0.388 e. The molecule has 1 aromatic rings. The van der Waals surface area contributed by atoms with Gasteiger partial charge in [-0.05, 0) is 0 Å². The first kappa shape index (κ1) is 9.99. The molecule has 8 heteroatoms. The lowest BCUT2D eigenvalue weighted by Crippen LogP contribution is -2.50. The molecule has 1 saturated heterocycles. The molecule has 1 aliphatic heterocycles. The van der Waals surface area contributed by atoms with Gasteiger partial charge in [-0.1, -0.05) is 4.49 Å². The number of carbonyl (C=O) groups is 2. The standard InChI is InChI=1S/C7H9N5O2S/c8-7-4(10-11-15-7)1-12-2-5(13)9-6(14)3-12/h1-3,8H2,(H,9,13,14). The van der Waals surface area contributed by atoms with E-state index in [1.54, 1.807) is 4.90 Å². The van der Waals surface area contributed by atoms with E-state index in [9.17, 15) is 9.59 Å². The number of nitrogens with one attached hydrogen (secondary N) is 1. The molecule has 0 atom stereocenters. The predicted octanol–water partition coefficient (Wildman–Crippen LogP) is -1.42. The van der Waals surface area contributed by atoms with Crippen molar-refractivity contribution in [3.8, 4) is 0 Å². The molecular weight excluding hydrogens is 218 g/mol. The molecule has 0 spiro atoms. The lowest BCUT2D eigenvalue weighted by Gasteiger charge is -2.24. The number of imide groups is 1. The van der Waals surface area contributed by atoms with E-state index in [0.717, 1.165) is 11.5 Å². The van der Waals surface area contributed by atoms with Crippen molar-refractivity contribution in [1.82, 2.24) is 19.8 Å². The molecule has 0 saturated carbocycles. The number of rotatable bonds is 2. The zero-order chi connectivity index (χ0) is 10.8. The lowest BCUT2D eigenvalue weighted by atomic mass is 10.3. The minimum Gasteiger partial charge on any atom is -0.388 e. The number of hydrogen-bond acceptors (Lipinski definition) is 7. The third-order valence-electron chi connectivity index (χ3n) is 1.97. The Labute approximate surface area is 89.4 Å². The van der Waals surface area contributed by atoms with Crippen LogP contribution in [-0.4, -0.2) is 39.4 Å². The summed E-state index contributed by atoms with van der Waals surface area (Å²) >= 11 is 1.10. The van der Waals surface area contributed by atoms with Gasteiger partial charge >= 0.3 is 0 Å². The second-order valence-electron chi connectivity index (χ2n) is 3.20. The van der Waals surface area contributed by atoms with Gasteiger partial charge in [-0.2, -0.15) is 0 Å². The maximum atomic E-state index is 11.1. The number of nitrogens with two attached hydrogens (primary N) is 1. The zero-order valence-electron chi connectivity index (χ0n) is 7.77. The van der Waals surface area contributed by atoms with Gasteiger partial charge in [0, 0.05) is 18.1 Å². The lowest BCUT2D eigenvalue weighted by molar-refractivity contribution is -0.136. The summed E-state index contributed by atoms with van der Waals surface area (Å²) in [5.41, 5.74) is 6.22. The SMILES string of the molecule is Nc1snnc1CN1CC(=O)NC(=O)C1. The van der Waals surface area contributed by atoms with Gasteiger partial charge in [-0.3, -0.25) is 19.8 Å². The fourth-order valence-electron chi connectivity index (χ4n) is 1.35. The van der Waals surface area contributed by atoms with E-state index < -0.39 is 0 Å². The van der Waals surface area contributed by atoms with Crippen LogP contribution in [0.4, 0.5) is 5.00 Å². The minimum atomic E-state index is -0.298. The van der Waals surface area contributed by atoms with E-state index >= 15 is 0 Å². The Morgan fingerprint density at radius 2 is 2.07 bits per heavy atom. The Morgan fingerprint density at radius 3 is 2.60 bits per heavy atom. The third-order valence-corrected chi connectivity index (χ3v) is 2.57. The van der Waals surface area contributed by atoms with Crippen molar-refractivity contribution in [2.75, 3.05) is 18.8 Å². The summed E-state index contributed by atoms with van der Waals surface area (Å²) in [7, 11) is 0. The van der Waals surface area contributed by atoms with E-state index in [4.69, 9.17) is 5.73 Å². The summed E-state index contributed by atoms with van der Waals surface area (Å²) in [6, 6.07) is 0. The Hall–Kier alpha value is -1.54. The van der Waals surface area contributed by atoms with Crippen LogP contribution in [0.1, 0.15) is 5.69 Å². The molecule has 1 fully saturated rings. The van der Waals surface area contributed by atoms with E-state index in [-0.39, 0.29) is 24.9 Å². The number of nitrogen functional groups attached to an aromatic ring is 1. The minimum absolute atomic E-state index is 0.183. The van der Waals surface area contributed by atoms with Crippen molar-refractivity contribution in [2.24, 2.45) is 0 Å². The average Bonchev–Trinajstić information content (AvgIpc) is 2.50. The van der Waals surface area contributed by atoms with Gasteiger partial charge < -0.3 is 5.73 Å². The number of nitrogens with zero attached hydrogens (tertiary/aromatic N) is 3. The van der Waals surface area contributed by atoms with Crippen LogP contribution in [0.5, 0.6) is 0 Å². The molecule has 0 aromatic carbocycles. The predicted molar refractivity (Wildman–Crippen MR) is 52.7 cm³/mol. The van der Waals surface area contributed by atoms with Crippen molar-refractivity contribution >= 4 is 28.3 Å². The summed E-state index contributed by atoms with van der Waals surface area (Å²) in [6.07, 6.45) is 0. The third kappa shape index (κ3) is 2.28. The number of hydrogen-bond donors (Lipinski definition) is 2. The van der Waals surface area contributed by atoms with Crippen LogP contribution in [0.2, 0.25) is 0 Å². The molecule has 3 N–H and O–H groups in total. The first-order chi connectivity index (χ1) is 7.15. The van der Waals surface area contributed by atoms with Gasteiger partial charge in [0.05, 0.1) is 13.1 Å². The summed E-state index contributed by atoms with van der Waals surface area (Å²) in [4.78, 5) is 23.8. The summed E-state index contributed by atoms with van der Waals surface area (Å²) < 4.78 is 3.68. The van der Waals surface area contributed by atoms with Crippen LogP contribution < -0.4 is 11.1 Å². The molecule has 80 valence electrons. The van der Waals surface area contributed by atoms with Gasteiger partial charge in [0.2, 0.25) is 11.8 Å². The van der Waals surface area contributed by atoms with E-state index in [1.165, 1.54) is 0 Å². The number of piperazine rings is 1. The first-order valence-electron chi connectivity index (χ1n) is 4.27. The average molecular weight is 227 g/mol. The molecule has 2 rings (SSSR count). The van der Waals surface area contributed by atoms with Crippen molar-refractivity contribution in [3.05, 3.63) is 5.69 Å². The highest BCUT2D eigenvalue weighted by Gasteiger charge is 2.23. The molecular formula is C7H9N5O2S. The second-order valence-corrected chi connectivity index (χ2v) is 3.99. The topological polar surface area (TPSA) is 101 Å². The fraction of sp³-hybridized carbons (Fsp3) is 0.429. The van der Waals surface area contributed by atoms with Crippen LogP contribution >= 0.6 is 11.5 Å². The smallest absolute Gasteiger partial charge is 0.240 e. The molecule has 0 radical (unpaired) electrons. The molecule has 0 unspecified atom stereocenters. The summed E-state index contributed by atoms with van der Waals surface area (Å²) in [5.74, 6) is -0.596. The van der Waals surface area contributed by atoms with Gasteiger partial charge in [0.25, 0.3) is 0 Å². The van der Waals surface area contributed by atoms with Gasteiger partial charge in [0.1, 0.15) is 10.7 Å². The normalized spacial score (nSPS) is 17.9. The quantitative estimate of drug-likeness (QED) is 0.601. The molecule has 7 nitrogen and oxygen atoms in total. The van der Waals surface area contributed by atoms with E-state index in [2.05, 4.69) is 14.9 Å². The zero-order valence-corrected chi connectivity index (χ0v) is 8.58. The maximum Gasteiger partial charge on any atom is 0.240 e. The van der Waals surface area contributed by atoms with Crippen molar-refractivity contribution in [2.45, 2.75) is 6.54 Å². The van der Waals surface area contributed by atoms with Crippen LogP contribution in [0.3, 0.4) is 0 Å². The molecule has 0 aliphatic carbocycles. The highest BCUT2D eigenvalue weighted by Crippen LogP contribution is 2.14. The van der Waals surface area contributed by atoms with Gasteiger partial charge in [-0.25, -0.2) is 0 Å². The number of carbonyl (C=O) groups excluding carboxylic acids is 2. The summed E-state index contributed by atoms with van der Waals surface area (Å²) in [6.45, 7) is 0.743. The maximum absolute atomic E-state index is 11.1. The summed E-state index contributed by atoms with van der Waals surface area (Å²) in [5, 5.41) is 6.56. The molecule has 2 heterocycles.